The molecule has 0 aliphatic carbocycles. The van der Waals surface area contributed by atoms with Crippen LogP contribution in [-0.4, -0.2) is 33.0 Å². The zero-order valence-corrected chi connectivity index (χ0v) is 13.3. The van der Waals surface area contributed by atoms with E-state index in [1.807, 2.05) is 12.1 Å². The highest BCUT2D eigenvalue weighted by atomic mass is 16.6. The van der Waals surface area contributed by atoms with Crippen molar-refractivity contribution in [2.24, 2.45) is 0 Å². The number of aromatic nitrogens is 3. The highest BCUT2D eigenvalue weighted by Gasteiger charge is 2.14. The van der Waals surface area contributed by atoms with Crippen LogP contribution < -0.4 is 4.74 Å². The monoisotopic (exact) mass is 342 g/mol. The van der Waals surface area contributed by atoms with Crippen LogP contribution in [0, 0.1) is 10.1 Å². The average Bonchev–Trinajstić information content (AvgIpc) is 3.02. The third-order valence-electron chi connectivity index (χ3n) is 3.56. The van der Waals surface area contributed by atoms with Gasteiger partial charge in [0.1, 0.15) is 24.4 Å². The van der Waals surface area contributed by atoms with Crippen LogP contribution in [0.3, 0.4) is 0 Å². The van der Waals surface area contributed by atoms with E-state index in [1.54, 1.807) is 12.1 Å². The molecule has 3 aromatic rings. The summed E-state index contributed by atoms with van der Waals surface area (Å²) in [6.07, 6.45) is 0. The fourth-order valence-electron chi connectivity index (χ4n) is 2.35. The third-order valence-corrected chi connectivity index (χ3v) is 3.56. The smallest absolute Gasteiger partial charge is 0.328 e. The molecule has 1 aromatic heterocycles. The number of hydrogen-bond acceptors (Lipinski definition) is 7. The second kappa shape index (κ2) is 6.95. The van der Waals surface area contributed by atoms with Crippen molar-refractivity contribution in [1.29, 1.82) is 0 Å². The molecule has 0 spiro atoms. The molecule has 0 aliphatic heterocycles. The van der Waals surface area contributed by atoms with E-state index in [1.165, 1.54) is 30.0 Å². The molecular weight excluding hydrogens is 328 g/mol. The van der Waals surface area contributed by atoms with Gasteiger partial charge in [-0.25, -0.2) is 4.68 Å². The molecule has 0 amide bonds. The Hall–Kier alpha value is -3.49. The van der Waals surface area contributed by atoms with E-state index < -0.39 is 10.9 Å². The Morgan fingerprint density at radius 3 is 2.84 bits per heavy atom. The lowest BCUT2D eigenvalue weighted by molar-refractivity contribution is -0.385. The highest BCUT2D eigenvalue weighted by molar-refractivity contribution is 5.77. The van der Waals surface area contributed by atoms with E-state index in [4.69, 9.17) is 9.47 Å². The fourth-order valence-corrected chi connectivity index (χ4v) is 2.35. The van der Waals surface area contributed by atoms with E-state index >= 15 is 0 Å². The van der Waals surface area contributed by atoms with Gasteiger partial charge >= 0.3 is 5.97 Å². The lowest BCUT2D eigenvalue weighted by Gasteiger charge is -2.09. The SMILES string of the molecule is COc1ccc([N+](=O)[O-])cc1COC(=O)Cn1nnc2ccccc21. The summed E-state index contributed by atoms with van der Waals surface area (Å²) >= 11 is 0. The van der Waals surface area contributed by atoms with Crippen molar-refractivity contribution in [1.82, 2.24) is 15.0 Å². The largest absolute Gasteiger partial charge is 0.496 e. The Labute approximate surface area is 141 Å². The van der Waals surface area contributed by atoms with Gasteiger partial charge in [-0.15, -0.1) is 5.10 Å². The number of ether oxygens (including phenoxy) is 2. The van der Waals surface area contributed by atoms with Crippen LogP contribution in [0.5, 0.6) is 5.75 Å². The van der Waals surface area contributed by atoms with Gasteiger partial charge in [-0.3, -0.25) is 14.9 Å². The first-order valence-corrected chi connectivity index (χ1v) is 7.33. The zero-order chi connectivity index (χ0) is 17.8. The van der Waals surface area contributed by atoms with Crippen LogP contribution in [0.25, 0.3) is 11.0 Å². The van der Waals surface area contributed by atoms with Crippen molar-refractivity contribution in [3.63, 3.8) is 0 Å². The van der Waals surface area contributed by atoms with Crippen LogP contribution >= 0.6 is 0 Å². The molecule has 25 heavy (non-hydrogen) atoms. The number of esters is 1. The van der Waals surface area contributed by atoms with Crippen LogP contribution in [0.1, 0.15) is 5.56 Å². The van der Waals surface area contributed by atoms with E-state index in [0.717, 1.165) is 0 Å². The average molecular weight is 342 g/mol. The lowest BCUT2D eigenvalue weighted by Crippen LogP contribution is -2.15. The zero-order valence-electron chi connectivity index (χ0n) is 13.3. The number of non-ortho nitro benzene ring substituents is 1. The van der Waals surface area contributed by atoms with E-state index in [9.17, 15) is 14.9 Å². The minimum absolute atomic E-state index is 0.103. The van der Waals surface area contributed by atoms with Gasteiger partial charge in [0.25, 0.3) is 5.69 Å². The number of rotatable bonds is 6. The summed E-state index contributed by atoms with van der Waals surface area (Å²) in [6.45, 7) is -0.256. The number of para-hydroxylation sites is 1. The molecule has 128 valence electrons. The first-order chi connectivity index (χ1) is 12.1. The predicted octanol–water partition coefficient (Wildman–Crippen LogP) is 2.09. The molecular formula is C16H14N4O5. The molecule has 0 unspecified atom stereocenters. The number of nitrogens with zero attached hydrogens (tertiary/aromatic N) is 4. The Morgan fingerprint density at radius 1 is 1.28 bits per heavy atom. The van der Waals surface area contributed by atoms with Crippen molar-refractivity contribution in [3.8, 4) is 5.75 Å². The van der Waals surface area contributed by atoms with Gasteiger partial charge in [0, 0.05) is 17.7 Å². The first kappa shape index (κ1) is 16.4. The first-order valence-electron chi connectivity index (χ1n) is 7.33. The Balaban J connectivity index is 1.70. The van der Waals surface area contributed by atoms with Gasteiger partial charge in [-0.2, -0.15) is 0 Å². The number of fused-ring (bicyclic) bond motifs is 1. The maximum atomic E-state index is 12.1. The minimum atomic E-state index is -0.538. The Kier molecular flexibility index (Phi) is 4.55. The summed E-state index contributed by atoms with van der Waals surface area (Å²) in [5, 5.41) is 18.7. The second-order valence-corrected chi connectivity index (χ2v) is 5.15. The van der Waals surface area contributed by atoms with E-state index in [0.29, 0.717) is 22.3 Å². The van der Waals surface area contributed by atoms with E-state index in [-0.39, 0.29) is 18.8 Å². The van der Waals surface area contributed by atoms with Crippen LogP contribution in [0.15, 0.2) is 42.5 Å². The second-order valence-electron chi connectivity index (χ2n) is 5.15. The minimum Gasteiger partial charge on any atom is -0.496 e. The maximum Gasteiger partial charge on any atom is 0.328 e. The number of nitro groups is 1. The van der Waals surface area contributed by atoms with Crippen molar-refractivity contribution in [2.75, 3.05) is 7.11 Å². The summed E-state index contributed by atoms with van der Waals surface area (Å²) in [7, 11) is 1.44. The summed E-state index contributed by atoms with van der Waals surface area (Å²) in [6, 6.07) is 11.3. The maximum absolute atomic E-state index is 12.1. The van der Waals surface area contributed by atoms with Crippen molar-refractivity contribution in [3.05, 3.63) is 58.1 Å². The van der Waals surface area contributed by atoms with Crippen molar-refractivity contribution in [2.45, 2.75) is 13.2 Å². The van der Waals surface area contributed by atoms with Gasteiger partial charge < -0.3 is 9.47 Å². The number of carbonyl (C=O) groups excluding carboxylic acids is 1. The molecule has 2 aromatic carbocycles. The quantitative estimate of drug-likeness (QED) is 0.383. The van der Waals surface area contributed by atoms with Crippen molar-refractivity contribution >= 4 is 22.7 Å². The molecule has 9 heteroatoms. The van der Waals surface area contributed by atoms with Gasteiger partial charge in [-0.1, -0.05) is 17.3 Å². The summed E-state index contributed by atoms with van der Waals surface area (Å²) in [4.78, 5) is 22.4. The number of methoxy groups -OCH3 is 1. The van der Waals surface area contributed by atoms with Gasteiger partial charge in [0.05, 0.1) is 17.5 Å². The molecule has 0 fully saturated rings. The van der Waals surface area contributed by atoms with Gasteiger partial charge in [-0.05, 0) is 18.2 Å². The van der Waals surface area contributed by atoms with Gasteiger partial charge in [0.2, 0.25) is 0 Å². The van der Waals surface area contributed by atoms with Crippen LogP contribution in [-0.2, 0) is 22.7 Å². The molecule has 0 saturated heterocycles. The van der Waals surface area contributed by atoms with Crippen molar-refractivity contribution < 1.29 is 19.2 Å². The third kappa shape index (κ3) is 3.55. The van der Waals surface area contributed by atoms with Gasteiger partial charge in [0.15, 0.2) is 0 Å². The molecule has 0 bridgehead atoms. The standard InChI is InChI=1S/C16H14N4O5/c1-24-15-7-6-12(20(22)23)8-11(15)10-25-16(21)9-19-14-5-3-2-4-13(14)17-18-19/h2-8H,9-10H2,1H3. The molecule has 0 radical (unpaired) electrons. The molecule has 3 rings (SSSR count). The Bertz CT molecular complexity index is 937. The molecule has 0 saturated carbocycles. The topological polar surface area (TPSA) is 109 Å². The normalized spacial score (nSPS) is 10.6. The lowest BCUT2D eigenvalue weighted by atomic mass is 10.2. The predicted molar refractivity (Wildman–Crippen MR) is 87.0 cm³/mol. The molecule has 0 atom stereocenters. The molecule has 1 heterocycles. The number of benzene rings is 2. The van der Waals surface area contributed by atoms with Crippen LogP contribution in [0.2, 0.25) is 0 Å². The van der Waals surface area contributed by atoms with E-state index in [2.05, 4.69) is 10.3 Å². The Morgan fingerprint density at radius 2 is 2.08 bits per heavy atom. The molecule has 0 N–H and O–H groups in total. The fraction of sp³-hybridized carbons (Fsp3) is 0.188. The number of nitro benzene ring substituents is 1. The highest BCUT2D eigenvalue weighted by Crippen LogP contribution is 2.24. The summed E-state index contributed by atoms with van der Waals surface area (Å²) in [5.41, 5.74) is 1.70. The number of hydrogen-bond donors (Lipinski definition) is 0. The molecule has 9 nitrogen and oxygen atoms in total. The molecule has 0 aliphatic rings. The van der Waals surface area contributed by atoms with Crippen LogP contribution in [0.4, 0.5) is 5.69 Å². The summed E-state index contributed by atoms with van der Waals surface area (Å²) in [5.74, 6) is -0.131. The summed E-state index contributed by atoms with van der Waals surface area (Å²) < 4.78 is 11.8. The number of carbonyl (C=O) groups is 1.